The molecule has 2 amide bonds. The van der Waals surface area contributed by atoms with Crippen molar-refractivity contribution in [3.8, 4) is 5.75 Å². The van der Waals surface area contributed by atoms with Crippen LogP contribution in [0.5, 0.6) is 5.75 Å². The van der Waals surface area contributed by atoms with E-state index in [1.807, 2.05) is 0 Å². The maximum absolute atomic E-state index is 12.1. The Hall–Kier alpha value is -2.65. The van der Waals surface area contributed by atoms with E-state index in [9.17, 15) is 24.6 Å². The van der Waals surface area contributed by atoms with Crippen LogP contribution in [0.3, 0.4) is 0 Å². The molecule has 0 saturated heterocycles. The molecule has 1 rings (SSSR count). The van der Waals surface area contributed by atoms with Crippen molar-refractivity contribution >= 4 is 17.8 Å². The maximum atomic E-state index is 12.1. The van der Waals surface area contributed by atoms with Crippen molar-refractivity contribution in [1.82, 2.24) is 10.6 Å². The van der Waals surface area contributed by atoms with Crippen molar-refractivity contribution in [3.63, 3.8) is 0 Å². The van der Waals surface area contributed by atoms with Gasteiger partial charge in [-0.3, -0.25) is 9.59 Å². The summed E-state index contributed by atoms with van der Waals surface area (Å²) < 4.78 is 0. The van der Waals surface area contributed by atoms with E-state index < -0.39 is 42.0 Å². The molecule has 0 spiro atoms. The summed E-state index contributed by atoms with van der Waals surface area (Å²) >= 11 is 0. The molecule has 0 aliphatic heterocycles. The number of aliphatic hydroxyl groups is 1. The van der Waals surface area contributed by atoms with E-state index in [4.69, 9.17) is 10.8 Å². The largest absolute Gasteiger partial charge is 0.508 e. The molecule has 0 radical (unpaired) electrons. The number of nitrogens with one attached hydrogen (secondary N) is 2. The van der Waals surface area contributed by atoms with E-state index in [-0.39, 0.29) is 12.2 Å². The minimum absolute atomic E-state index is 0.0955. The third-order valence-electron chi connectivity index (χ3n) is 3.53. The molecule has 0 saturated carbocycles. The number of benzene rings is 1. The molecule has 138 valence electrons. The van der Waals surface area contributed by atoms with Gasteiger partial charge in [0.05, 0.1) is 12.1 Å². The normalized spacial score (nSPS) is 15.5. The number of carboxylic acid groups (broad SMARTS) is 1. The number of aliphatic carboxylic acids is 1. The number of hydrogen-bond donors (Lipinski definition) is 6. The quantitative estimate of drug-likeness (QED) is 0.339. The summed E-state index contributed by atoms with van der Waals surface area (Å²) in [5.41, 5.74) is 6.53. The fraction of sp³-hybridized carbons (Fsp3) is 0.438. The number of amides is 2. The zero-order valence-corrected chi connectivity index (χ0v) is 14.0. The number of phenolic OH excluding ortho intramolecular Hbond substituents is 1. The minimum atomic E-state index is -1.47. The molecule has 0 unspecified atom stereocenters. The SMILES string of the molecule is C[C@H](NC(=O)[C@@H](N)Cc1ccc(O)cc1)C(=O)N[C@H](C(=O)O)[C@@H](C)O. The molecule has 1 aromatic carbocycles. The van der Waals surface area contributed by atoms with Gasteiger partial charge in [0.15, 0.2) is 6.04 Å². The summed E-state index contributed by atoms with van der Waals surface area (Å²) in [6.07, 6.45) is -1.09. The third kappa shape index (κ3) is 6.40. The number of hydrogen-bond acceptors (Lipinski definition) is 6. The lowest BCUT2D eigenvalue weighted by Crippen LogP contribution is -2.55. The van der Waals surface area contributed by atoms with Crippen molar-refractivity contribution in [3.05, 3.63) is 29.8 Å². The molecule has 9 heteroatoms. The number of nitrogens with two attached hydrogens (primary N) is 1. The van der Waals surface area contributed by atoms with Crippen LogP contribution >= 0.6 is 0 Å². The fourth-order valence-electron chi connectivity index (χ4n) is 2.03. The van der Waals surface area contributed by atoms with Crippen LogP contribution in [0.15, 0.2) is 24.3 Å². The molecule has 25 heavy (non-hydrogen) atoms. The van der Waals surface area contributed by atoms with E-state index in [1.165, 1.54) is 26.0 Å². The Labute approximate surface area is 144 Å². The van der Waals surface area contributed by atoms with Gasteiger partial charge in [0, 0.05) is 0 Å². The molecule has 0 heterocycles. The van der Waals surface area contributed by atoms with E-state index in [0.717, 1.165) is 5.56 Å². The van der Waals surface area contributed by atoms with Gasteiger partial charge in [0.2, 0.25) is 11.8 Å². The fourth-order valence-corrected chi connectivity index (χ4v) is 2.03. The van der Waals surface area contributed by atoms with Crippen LogP contribution in [0.4, 0.5) is 0 Å². The lowest BCUT2D eigenvalue weighted by molar-refractivity contribution is -0.145. The second-order valence-corrected chi connectivity index (χ2v) is 5.77. The second kappa shape index (κ2) is 9.00. The summed E-state index contributed by atoms with van der Waals surface area (Å²) in [5, 5.41) is 32.0. The van der Waals surface area contributed by atoms with Crippen LogP contribution < -0.4 is 16.4 Å². The molecule has 7 N–H and O–H groups in total. The highest BCUT2D eigenvalue weighted by atomic mass is 16.4. The predicted octanol–water partition coefficient (Wildman–Crippen LogP) is -1.28. The van der Waals surface area contributed by atoms with Crippen LogP contribution in [-0.4, -0.2) is 57.3 Å². The zero-order valence-electron chi connectivity index (χ0n) is 14.0. The van der Waals surface area contributed by atoms with Crippen LogP contribution in [0, 0.1) is 0 Å². The van der Waals surface area contributed by atoms with E-state index in [0.29, 0.717) is 0 Å². The topological polar surface area (TPSA) is 162 Å². The Bertz CT molecular complexity index is 617. The Morgan fingerprint density at radius 3 is 2.12 bits per heavy atom. The summed E-state index contributed by atoms with van der Waals surface area (Å²) in [4.78, 5) is 35.0. The molecular weight excluding hydrogens is 330 g/mol. The van der Waals surface area contributed by atoms with Crippen molar-refractivity contribution in [2.45, 2.75) is 44.5 Å². The molecule has 0 aliphatic carbocycles. The highest BCUT2D eigenvalue weighted by Crippen LogP contribution is 2.11. The molecule has 0 fully saturated rings. The maximum Gasteiger partial charge on any atom is 0.328 e. The molecular formula is C16H23N3O6. The monoisotopic (exact) mass is 353 g/mol. The zero-order chi connectivity index (χ0) is 19.1. The summed E-state index contributed by atoms with van der Waals surface area (Å²) in [6.45, 7) is 2.61. The smallest absolute Gasteiger partial charge is 0.328 e. The summed E-state index contributed by atoms with van der Waals surface area (Å²) in [7, 11) is 0. The number of rotatable bonds is 8. The highest BCUT2D eigenvalue weighted by molar-refractivity contribution is 5.91. The van der Waals surface area contributed by atoms with Crippen molar-refractivity contribution < 1.29 is 29.7 Å². The van der Waals surface area contributed by atoms with E-state index in [1.54, 1.807) is 12.1 Å². The van der Waals surface area contributed by atoms with Crippen LogP contribution in [0.25, 0.3) is 0 Å². The van der Waals surface area contributed by atoms with Crippen LogP contribution in [-0.2, 0) is 20.8 Å². The predicted molar refractivity (Wildman–Crippen MR) is 88.6 cm³/mol. The number of carboxylic acids is 1. The van der Waals surface area contributed by atoms with Crippen LogP contribution in [0.1, 0.15) is 19.4 Å². The first-order chi connectivity index (χ1) is 11.6. The highest BCUT2D eigenvalue weighted by Gasteiger charge is 2.28. The molecule has 9 nitrogen and oxygen atoms in total. The molecule has 0 aromatic heterocycles. The number of carbonyl (C=O) groups excluding carboxylic acids is 2. The number of phenols is 1. The first-order valence-electron chi connectivity index (χ1n) is 7.67. The van der Waals surface area contributed by atoms with Gasteiger partial charge in [-0.25, -0.2) is 4.79 Å². The average molecular weight is 353 g/mol. The van der Waals surface area contributed by atoms with Crippen molar-refractivity contribution in [1.29, 1.82) is 0 Å². The van der Waals surface area contributed by atoms with Gasteiger partial charge in [0.1, 0.15) is 11.8 Å². The second-order valence-electron chi connectivity index (χ2n) is 5.77. The van der Waals surface area contributed by atoms with Gasteiger partial charge in [0.25, 0.3) is 0 Å². The lowest BCUT2D eigenvalue weighted by atomic mass is 10.1. The number of aliphatic hydroxyl groups excluding tert-OH is 1. The van der Waals surface area contributed by atoms with Gasteiger partial charge in [-0.15, -0.1) is 0 Å². The first-order valence-corrected chi connectivity index (χ1v) is 7.67. The van der Waals surface area contributed by atoms with E-state index in [2.05, 4.69) is 10.6 Å². The first kappa shape index (κ1) is 20.4. The Morgan fingerprint density at radius 1 is 1.08 bits per heavy atom. The molecule has 0 aliphatic rings. The van der Waals surface area contributed by atoms with Gasteiger partial charge < -0.3 is 31.7 Å². The Kier molecular flexibility index (Phi) is 7.34. The van der Waals surface area contributed by atoms with Gasteiger partial charge in [-0.05, 0) is 38.0 Å². The summed E-state index contributed by atoms with van der Waals surface area (Å²) in [6, 6.07) is 2.76. The summed E-state index contributed by atoms with van der Waals surface area (Å²) in [5.74, 6) is -2.62. The van der Waals surface area contributed by atoms with Gasteiger partial charge >= 0.3 is 5.97 Å². The molecule has 0 bridgehead atoms. The van der Waals surface area contributed by atoms with Crippen molar-refractivity contribution in [2.75, 3.05) is 0 Å². The van der Waals surface area contributed by atoms with Gasteiger partial charge in [-0.2, -0.15) is 0 Å². The Morgan fingerprint density at radius 2 is 1.64 bits per heavy atom. The van der Waals surface area contributed by atoms with Crippen LogP contribution in [0.2, 0.25) is 0 Å². The number of carbonyl (C=O) groups is 3. The Balaban J connectivity index is 2.58. The molecule has 4 atom stereocenters. The number of aromatic hydroxyl groups is 1. The molecule has 1 aromatic rings. The van der Waals surface area contributed by atoms with Crippen molar-refractivity contribution in [2.24, 2.45) is 5.73 Å². The van der Waals surface area contributed by atoms with E-state index >= 15 is 0 Å². The van der Waals surface area contributed by atoms with Gasteiger partial charge in [-0.1, -0.05) is 12.1 Å². The lowest BCUT2D eigenvalue weighted by Gasteiger charge is -2.21. The average Bonchev–Trinajstić information content (AvgIpc) is 2.53. The third-order valence-corrected chi connectivity index (χ3v) is 3.53. The standard InChI is InChI=1S/C16H23N3O6/c1-8(14(22)19-13(9(2)20)16(24)25)18-15(23)12(17)7-10-3-5-11(21)6-4-10/h3-6,8-9,12-13,20-21H,7,17H2,1-2H3,(H,18,23)(H,19,22)(H,24,25)/t8-,9+,12-,13-/m0/s1. The minimum Gasteiger partial charge on any atom is -0.508 e.